The van der Waals surface area contributed by atoms with Gasteiger partial charge >= 0.3 is 0 Å². The Hall–Kier alpha value is -0.820. The summed E-state index contributed by atoms with van der Waals surface area (Å²) >= 11 is 0. The van der Waals surface area contributed by atoms with Crippen LogP contribution in [0.25, 0.3) is 0 Å². The highest BCUT2D eigenvalue weighted by Gasteiger charge is 2.37. The topological polar surface area (TPSA) is 9.23 Å². The fourth-order valence-corrected chi connectivity index (χ4v) is 4.11. The first-order valence-electron chi connectivity index (χ1n) is 11.9. The highest BCUT2D eigenvalue weighted by Crippen LogP contribution is 2.42. The monoisotopic (exact) mass is 390 g/mol. The second kappa shape index (κ2) is 14.2. The summed E-state index contributed by atoms with van der Waals surface area (Å²) < 4.78 is 6.35. The molecule has 1 aliphatic carbocycles. The molecule has 1 nitrogen and oxygen atoms in total. The van der Waals surface area contributed by atoms with E-state index in [2.05, 4.69) is 54.7 Å². The summed E-state index contributed by atoms with van der Waals surface area (Å²) in [7, 11) is 0. The highest BCUT2D eigenvalue weighted by atomic mass is 16.5. The summed E-state index contributed by atoms with van der Waals surface area (Å²) in [5.74, 6) is 1.80. The van der Waals surface area contributed by atoms with E-state index in [9.17, 15) is 0 Å². The van der Waals surface area contributed by atoms with Crippen LogP contribution in [-0.4, -0.2) is 12.2 Å². The number of allylic oxidation sites excluding steroid dienone is 4. The molecule has 2 fully saturated rings. The van der Waals surface area contributed by atoms with Crippen molar-refractivity contribution in [3.63, 3.8) is 0 Å². The van der Waals surface area contributed by atoms with Crippen LogP contribution in [0.5, 0.6) is 0 Å². The third-order valence-electron chi connectivity index (χ3n) is 6.18. The summed E-state index contributed by atoms with van der Waals surface area (Å²) in [5, 5.41) is 0. The average molecular weight is 391 g/mol. The van der Waals surface area contributed by atoms with Crippen LogP contribution in [0.15, 0.2) is 36.5 Å². The van der Waals surface area contributed by atoms with Crippen LogP contribution >= 0.6 is 0 Å². The van der Waals surface area contributed by atoms with Crippen molar-refractivity contribution in [3.8, 4) is 0 Å². The van der Waals surface area contributed by atoms with Crippen molar-refractivity contribution >= 4 is 0 Å². The Morgan fingerprint density at radius 2 is 1.39 bits per heavy atom. The van der Waals surface area contributed by atoms with E-state index in [0.29, 0.717) is 17.6 Å². The summed E-state index contributed by atoms with van der Waals surface area (Å²) in [6.07, 6.45) is 15.5. The van der Waals surface area contributed by atoms with Crippen molar-refractivity contribution in [1.29, 1.82) is 0 Å². The van der Waals surface area contributed by atoms with Gasteiger partial charge in [0.15, 0.2) is 0 Å². The van der Waals surface area contributed by atoms with Gasteiger partial charge in [-0.25, -0.2) is 0 Å². The first kappa shape index (κ1) is 27.2. The third-order valence-corrected chi connectivity index (χ3v) is 6.18. The minimum absolute atomic E-state index is 0.307. The third kappa shape index (κ3) is 10.1. The Bertz CT molecular complexity index is 447. The maximum absolute atomic E-state index is 6.35. The zero-order valence-electron chi connectivity index (χ0n) is 20.4. The van der Waals surface area contributed by atoms with Crippen LogP contribution in [-0.2, 0) is 4.74 Å². The van der Waals surface area contributed by atoms with Gasteiger partial charge in [0.1, 0.15) is 0 Å². The Morgan fingerprint density at radius 3 is 1.86 bits per heavy atom. The molecule has 0 aromatic carbocycles. The van der Waals surface area contributed by atoms with Gasteiger partial charge in [-0.15, -0.1) is 0 Å². The van der Waals surface area contributed by atoms with Crippen LogP contribution in [0.3, 0.4) is 0 Å². The second-order valence-electron chi connectivity index (χ2n) is 9.34. The van der Waals surface area contributed by atoms with Crippen molar-refractivity contribution in [2.24, 2.45) is 17.3 Å². The number of hydrogen-bond donors (Lipinski definition) is 0. The maximum Gasteiger partial charge on any atom is 0.0627 e. The van der Waals surface area contributed by atoms with E-state index >= 15 is 0 Å². The van der Waals surface area contributed by atoms with E-state index < -0.39 is 0 Å². The fraction of sp³-hybridized carbons (Fsp3) is 0.778. The lowest BCUT2D eigenvalue weighted by molar-refractivity contribution is -0.0779. The van der Waals surface area contributed by atoms with Gasteiger partial charge in [0.25, 0.3) is 0 Å². The predicted octanol–water partition coefficient (Wildman–Crippen LogP) is 8.91. The number of ether oxygens (including phenoxy) is 1. The molecule has 4 atom stereocenters. The molecule has 1 saturated carbocycles. The molecular weight excluding hydrogens is 340 g/mol. The molecule has 0 N–H and O–H groups in total. The van der Waals surface area contributed by atoms with Crippen molar-refractivity contribution in [3.05, 3.63) is 36.5 Å². The minimum Gasteiger partial charge on any atom is -0.374 e. The zero-order chi connectivity index (χ0) is 21.7. The molecule has 0 amide bonds. The van der Waals surface area contributed by atoms with E-state index in [4.69, 9.17) is 4.74 Å². The zero-order valence-corrected chi connectivity index (χ0v) is 20.4. The Kier molecular flexibility index (Phi) is 13.8. The van der Waals surface area contributed by atoms with E-state index in [1.807, 2.05) is 26.0 Å². The molecule has 0 aromatic heterocycles. The molecule has 1 aliphatic heterocycles. The standard InChI is InChI=1S/C15H28O.C10H16.C2H6/c1-11-13-8-6-5-7-12(13)9-10-14(16-11)15(2,3)4;1-5-9(3)7-8-10(4)6-2;1-2/h11-14H,5-10H2,1-4H3;7-8H,3-6H2,1-2H3;1-2H3/b;8-7-;. The molecule has 0 spiro atoms. The Morgan fingerprint density at radius 1 is 0.893 bits per heavy atom. The molecule has 0 bridgehead atoms. The van der Waals surface area contributed by atoms with Crippen molar-refractivity contribution in [1.82, 2.24) is 0 Å². The number of hydrogen-bond acceptors (Lipinski definition) is 1. The number of fused-ring (bicyclic) bond motifs is 1. The van der Waals surface area contributed by atoms with Gasteiger partial charge in [0, 0.05) is 0 Å². The number of rotatable bonds is 4. The molecule has 28 heavy (non-hydrogen) atoms. The molecule has 0 radical (unpaired) electrons. The molecule has 0 aromatic rings. The summed E-state index contributed by atoms with van der Waals surface area (Å²) in [6, 6.07) is 0. The Balaban J connectivity index is 0.000000528. The lowest BCUT2D eigenvalue weighted by Crippen LogP contribution is -2.34. The van der Waals surface area contributed by atoms with E-state index in [0.717, 1.165) is 35.8 Å². The van der Waals surface area contributed by atoms with Gasteiger partial charge in [0.05, 0.1) is 12.2 Å². The van der Waals surface area contributed by atoms with Gasteiger partial charge in [-0.3, -0.25) is 0 Å². The van der Waals surface area contributed by atoms with E-state index in [-0.39, 0.29) is 0 Å². The van der Waals surface area contributed by atoms with Gasteiger partial charge in [-0.2, -0.15) is 0 Å². The minimum atomic E-state index is 0.307. The smallest absolute Gasteiger partial charge is 0.0627 e. The van der Waals surface area contributed by atoms with Gasteiger partial charge < -0.3 is 4.74 Å². The summed E-state index contributed by atoms with van der Waals surface area (Å²) in [6.45, 7) is 25.2. The molecule has 1 heteroatoms. The SMILES string of the molecule is C=C(/C=C\C(=C)CC)CC.CC.CC1OC(C(C)(C)C)CCC2CCCCC21. The molecule has 1 heterocycles. The lowest BCUT2D eigenvalue weighted by atomic mass is 9.74. The van der Waals surface area contributed by atoms with Crippen molar-refractivity contribution in [2.45, 2.75) is 119 Å². The summed E-state index contributed by atoms with van der Waals surface area (Å²) in [5.41, 5.74) is 2.63. The van der Waals surface area contributed by atoms with Crippen LogP contribution < -0.4 is 0 Å². The largest absolute Gasteiger partial charge is 0.374 e. The normalized spacial score (nSPS) is 27.4. The fourth-order valence-electron chi connectivity index (χ4n) is 4.11. The molecule has 1 saturated heterocycles. The molecule has 4 unspecified atom stereocenters. The average Bonchev–Trinajstić information content (AvgIpc) is 2.87. The van der Waals surface area contributed by atoms with Crippen LogP contribution in [0, 0.1) is 17.3 Å². The van der Waals surface area contributed by atoms with Gasteiger partial charge in [-0.1, -0.05) is 104 Å². The molecule has 2 rings (SSSR count). The van der Waals surface area contributed by atoms with Crippen LogP contribution in [0.4, 0.5) is 0 Å². The lowest BCUT2D eigenvalue weighted by Gasteiger charge is -2.35. The second-order valence-corrected chi connectivity index (χ2v) is 9.34. The summed E-state index contributed by atoms with van der Waals surface area (Å²) in [4.78, 5) is 0. The van der Waals surface area contributed by atoms with Crippen LogP contribution in [0.1, 0.15) is 107 Å². The molecule has 164 valence electrons. The molecular formula is C27H50O. The predicted molar refractivity (Wildman–Crippen MR) is 128 cm³/mol. The van der Waals surface area contributed by atoms with E-state index in [1.54, 1.807) is 0 Å². The highest BCUT2D eigenvalue weighted by molar-refractivity contribution is 5.23. The van der Waals surface area contributed by atoms with Crippen molar-refractivity contribution in [2.75, 3.05) is 0 Å². The van der Waals surface area contributed by atoms with Crippen LogP contribution in [0.2, 0.25) is 0 Å². The van der Waals surface area contributed by atoms with Crippen molar-refractivity contribution < 1.29 is 4.74 Å². The first-order chi connectivity index (χ1) is 13.2. The van der Waals surface area contributed by atoms with Gasteiger partial charge in [-0.05, 0) is 56.3 Å². The Labute approximate surface area is 177 Å². The first-order valence-corrected chi connectivity index (χ1v) is 11.9. The van der Waals surface area contributed by atoms with E-state index in [1.165, 1.54) is 38.5 Å². The quantitative estimate of drug-likeness (QED) is 0.435. The van der Waals surface area contributed by atoms with Gasteiger partial charge in [0.2, 0.25) is 0 Å². The molecule has 2 aliphatic rings. The maximum atomic E-state index is 6.35.